The molecule has 0 spiro atoms. The number of rotatable bonds is 7. The summed E-state index contributed by atoms with van der Waals surface area (Å²) in [4.78, 5) is 24.4. The summed E-state index contributed by atoms with van der Waals surface area (Å²) in [6, 6.07) is 21.8. The third-order valence-corrected chi connectivity index (χ3v) is 5.82. The van der Waals surface area contributed by atoms with E-state index in [1.807, 2.05) is 61.7 Å². The number of benzene rings is 3. The first-order chi connectivity index (χ1) is 15.5. The molecule has 32 heavy (non-hydrogen) atoms. The van der Waals surface area contributed by atoms with Crippen molar-refractivity contribution in [2.45, 2.75) is 25.9 Å². The smallest absolute Gasteiger partial charge is 0.335 e. The van der Waals surface area contributed by atoms with E-state index in [0.717, 1.165) is 22.0 Å². The molecule has 0 saturated heterocycles. The van der Waals surface area contributed by atoms with Gasteiger partial charge in [-0.3, -0.25) is 4.79 Å². The van der Waals surface area contributed by atoms with E-state index in [2.05, 4.69) is 9.88 Å². The highest BCUT2D eigenvalue weighted by atomic mass is 35.5. The Labute approximate surface area is 191 Å². The topological polar surface area (TPSA) is 71.3 Å². The van der Waals surface area contributed by atoms with Gasteiger partial charge in [0.2, 0.25) is 0 Å². The first kappa shape index (κ1) is 21.7. The SMILES string of the molecule is CCC(NC(=O)c1cccc2ccn(Cc3ccc(Cl)cc3)c12)c1ccc(C(=O)O)cc1. The summed E-state index contributed by atoms with van der Waals surface area (Å²) in [6.45, 7) is 2.61. The number of carbonyl (C=O) groups is 2. The summed E-state index contributed by atoms with van der Waals surface area (Å²) in [5.74, 6) is -1.14. The molecule has 4 aromatic rings. The molecule has 4 rings (SSSR count). The van der Waals surface area contributed by atoms with Crippen LogP contribution in [0.4, 0.5) is 0 Å². The monoisotopic (exact) mass is 446 g/mol. The highest BCUT2D eigenvalue weighted by Gasteiger charge is 2.18. The Hall–Kier alpha value is -3.57. The van der Waals surface area contributed by atoms with Crippen molar-refractivity contribution in [3.8, 4) is 0 Å². The Morgan fingerprint density at radius 3 is 2.38 bits per heavy atom. The molecule has 0 aliphatic rings. The molecule has 2 N–H and O–H groups in total. The third-order valence-electron chi connectivity index (χ3n) is 5.57. The van der Waals surface area contributed by atoms with Crippen LogP contribution in [0, 0.1) is 0 Å². The lowest BCUT2D eigenvalue weighted by Crippen LogP contribution is -2.28. The fourth-order valence-corrected chi connectivity index (χ4v) is 4.00. The summed E-state index contributed by atoms with van der Waals surface area (Å²) in [6.07, 6.45) is 2.66. The van der Waals surface area contributed by atoms with Gasteiger partial charge in [-0.25, -0.2) is 4.79 Å². The highest BCUT2D eigenvalue weighted by molar-refractivity contribution is 6.30. The van der Waals surface area contributed by atoms with Crippen molar-refractivity contribution >= 4 is 34.4 Å². The molecule has 1 heterocycles. The van der Waals surface area contributed by atoms with Crippen molar-refractivity contribution < 1.29 is 14.7 Å². The predicted octanol–water partition coefficient (Wildman–Crippen LogP) is 5.92. The minimum Gasteiger partial charge on any atom is -0.478 e. The first-order valence-electron chi connectivity index (χ1n) is 10.4. The van der Waals surface area contributed by atoms with Crippen molar-refractivity contribution in [1.82, 2.24) is 9.88 Å². The van der Waals surface area contributed by atoms with Crippen LogP contribution in [0.5, 0.6) is 0 Å². The number of carboxylic acid groups (broad SMARTS) is 1. The molecule has 1 atom stereocenters. The van der Waals surface area contributed by atoms with Gasteiger partial charge in [0.1, 0.15) is 0 Å². The van der Waals surface area contributed by atoms with Crippen molar-refractivity contribution in [1.29, 1.82) is 0 Å². The summed E-state index contributed by atoms with van der Waals surface area (Å²) in [5, 5.41) is 13.9. The van der Waals surface area contributed by atoms with Crippen molar-refractivity contribution in [3.05, 3.63) is 106 Å². The van der Waals surface area contributed by atoms with Gasteiger partial charge in [0.25, 0.3) is 5.91 Å². The van der Waals surface area contributed by atoms with E-state index >= 15 is 0 Å². The summed E-state index contributed by atoms with van der Waals surface area (Å²) in [5.41, 5.74) is 3.65. The van der Waals surface area contributed by atoms with Crippen molar-refractivity contribution in [2.24, 2.45) is 0 Å². The lowest BCUT2D eigenvalue weighted by atomic mass is 10.0. The van der Waals surface area contributed by atoms with Gasteiger partial charge in [0.05, 0.1) is 22.7 Å². The van der Waals surface area contributed by atoms with E-state index in [1.54, 1.807) is 24.3 Å². The van der Waals surface area contributed by atoms with Crippen LogP contribution < -0.4 is 5.32 Å². The second-order valence-corrected chi connectivity index (χ2v) is 8.11. The minimum atomic E-state index is -0.971. The molecule has 0 aliphatic carbocycles. The van der Waals surface area contributed by atoms with Gasteiger partial charge in [-0.15, -0.1) is 0 Å². The van der Waals surface area contributed by atoms with Crippen molar-refractivity contribution in [3.63, 3.8) is 0 Å². The van der Waals surface area contributed by atoms with Crippen LogP contribution >= 0.6 is 11.6 Å². The molecule has 1 unspecified atom stereocenters. The van der Waals surface area contributed by atoms with E-state index in [1.165, 1.54) is 0 Å². The van der Waals surface area contributed by atoms with E-state index in [0.29, 0.717) is 23.6 Å². The van der Waals surface area contributed by atoms with E-state index in [9.17, 15) is 9.59 Å². The molecule has 1 aromatic heterocycles. The molecule has 1 amide bonds. The number of aromatic nitrogens is 1. The van der Waals surface area contributed by atoms with Crippen LogP contribution in [-0.2, 0) is 6.54 Å². The van der Waals surface area contributed by atoms with Crippen LogP contribution in [0.2, 0.25) is 5.02 Å². The molecule has 3 aromatic carbocycles. The Morgan fingerprint density at radius 2 is 1.72 bits per heavy atom. The lowest BCUT2D eigenvalue weighted by Gasteiger charge is -2.19. The van der Waals surface area contributed by atoms with E-state index in [-0.39, 0.29) is 17.5 Å². The number of nitrogens with zero attached hydrogens (tertiary/aromatic N) is 1. The number of hydrogen-bond donors (Lipinski definition) is 2. The van der Waals surface area contributed by atoms with E-state index in [4.69, 9.17) is 16.7 Å². The maximum absolute atomic E-state index is 13.3. The zero-order valence-electron chi connectivity index (χ0n) is 17.6. The van der Waals surface area contributed by atoms with Gasteiger partial charge >= 0.3 is 5.97 Å². The highest BCUT2D eigenvalue weighted by Crippen LogP contribution is 2.24. The van der Waals surface area contributed by atoms with Crippen LogP contribution in [0.3, 0.4) is 0 Å². The summed E-state index contributed by atoms with van der Waals surface area (Å²) < 4.78 is 2.07. The third kappa shape index (κ3) is 4.53. The normalized spacial score (nSPS) is 11.9. The van der Waals surface area contributed by atoms with Crippen LogP contribution in [-0.4, -0.2) is 21.6 Å². The number of halogens is 1. The summed E-state index contributed by atoms with van der Waals surface area (Å²) >= 11 is 6.00. The molecule has 6 heteroatoms. The molecular formula is C26H23ClN2O3. The number of hydrogen-bond acceptors (Lipinski definition) is 2. The molecule has 5 nitrogen and oxygen atoms in total. The maximum atomic E-state index is 13.3. The van der Waals surface area contributed by atoms with Crippen LogP contribution in [0.15, 0.2) is 79.0 Å². The number of carbonyl (C=O) groups excluding carboxylic acids is 1. The van der Waals surface area contributed by atoms with Gasteiger partial charge in [-0.1, -0.05) is 54.9 Å². The average Bonchev–Trinajstić information content (AvgIpc) is 3.21. The van der Waals surface area contributed by atoms with Gasteiger partial charge in [0.15, 0.2) is 0 Å². The van der Waals surface area contributed by atoms with E-state index < -0.39 is 5.97 Å². The molecule has 0 saturated carbocycles. The second-order valence-electron chi connectivity index (χ2n) is 7.67. The fourth-order valence-electron chi connectivity index (χ4n) is 3.88. The number of carboxylic acids is 1. The quantitative estimate of drug-likeness (QED) is 0.370. The molecule has 162 valence electrons. The largest absolute Gasteiger partial charge is 0.478 e. The number of aromatic carboxylic acids is 1. The summed E-state index contributed by atoms with van der Waals surface area (Å²) in [7, 11) is 0. The first-order valence-corrected chi connectivity index (χ1v) is 10.8. The van der Waals surface area contributed by atoms with Crippen LogP contribution in [0.25, 0.3) is 10.9 Å². The van der Waals surface area contributed by atoms with Gasteiger partial charge in [-0.2, -0.15) is 0 Å². The lowest BCUT2D eigenvalue weighted by molar-refractivity contribution is 0.0696. The van der Waals surface area contributed by atoms with Crippen LogP contribution in [0.1, 0.15) is 51.2 Å². The standard InChI is InChI=1S/C26H23ClN2O3/c1-2-23(18-8-10-20(11-9-18)26(31)32)28-25(30)22-5-3-4-19-14-15-29(24(19)22)16-17-6-12-21(27)13-7-17/h3-15,23H,2,16H2,1H3,(H,28,30)(H,31,32). The average molecular weight is 447 g/mol. The Morgan fingerprint density at radius 1 is 1.00 bits per heavy atom. The van der Waals surface area contributed by atoms with Gasteiger partial charge in [-0.05, 0) is 53.9 Å². The predicted molar refractivity (Wildman–Crippen MR) is 126 cm³/mol. The zero-order valence-corrected chi connectivity index (χ0v) is 18.3. The Kier molecular flexibility index (Phi) is 6.28. The number of fused-ring (bicyclic) bond motifs is 1. The van der Waals surface area contributed by atoms with Crippen molar-refractivity contribution in [2.75, 3.05) is 0 Å². The minimum absolute atomic E-state index is 0.166. The Balaban J connectivity index is 1.62. The second kappa shape index (κ2) is 9.28. The number of amides is 1. The molecule has 0 bridgehead atoms. The fraction of sp³-hybridized carbons (Fsp3) is 0.154. The van der Waals surface area contributed by atoms with Gasteiger partial charge in [0, 0.05) is 23.2 Å². The number of nitrogens with one attached hydrogen (secondary N) is 1. The number of para-hydroxylation sites is 1. The molecule has 0 radical (unpaired) electrons. The molecular weight excluding hydrogens is 424 g/mol. The molecule has 0 fully saturated rings. The zero-order chi connectivity index (χ0) is 22.7. The Bertz CT molecular complexity index is 1260. The van der Waals surface area contributed by atoms with Gasteiger partial charge < -0.3 is 15.0 Å². The molecule has 0 aliphatic heterocycles. The maximum Gasteiger partial charge on any atom is 0.335 e.